The molecule has 0 aliphatic carbocycles. The topological polar surface area (TPSA) is 145 Å². The van der Waals surface area contributed by atoms with Crippen molar-refractivity contribution in [2.75, 3.05) is 25.1 Å². The Balaban J connectivity index is 3.51. The molecule has 0 unspecified atom stereocenters. The summed E-state index contributed by atoms with van der Waals surface area (Å²) in [5.41, 5.74) is 5.42. The lowest BCUT2D eigenvalue weighted by Gasteiger charge is -2.17. The predicted molar refractivity (Wildman–Crippen MR) is 73.9 cm³/mol. The summed E-state index contributed by atoms with van der Waals surface area (Å²) in [5.74, 6) is 0. The minimum Gasteiger partial charge on any atom is -0.398 e. The third-order valence-electron chi connectivity index (χ3n) is 2.53. The summed E-state index contributed by atoms with van der Waals surface area (Å²) in [6, 6.07) is 6.51. The Kier molecular flexibility index (Phi) is 4.91. The summed E-state index contributed by atoms with van der Waals surface area (Å²) in [6.45, 7) is -1.09. The molecule has 0 heterocycles. The van der Waals surface area contributed by atoms with Crippen LogP contribution in [-0.2, 0) is 19.9 Å². The Hall–Kier alpha value is -2.14. The number of hydrogen-bond acceptors (Lipinski definition) is 7. The van der Waals surface area contributed by atoms with Crippen LogP contribution < -0.4 is 5.73 Å². The van der Waals surface area contributed by atoms with Crippen molar-refractivity contribution in [2.24, 2.45) is 0 Å². The second-order valence-corrected chi connectivity index (χ2v) is 7.98. The van der Waals surface area contributed by atoms with Crippen LogP contribution in [0.1, 0.15) is 0 Å². The van der Waals surface area contributed by atoms with Crippen LogP contribution in [0.3, 0.4) is 0 Å². The molecule has 0 spiro atoms. The van der Waals surface area contributed by atoms with Crippen molar-refractivity contribution < 1.29 is 16.8 Å². The number of sulfonamides is 1. The lowest BCUT2D eigenvalue weighted by Crippen LogP contribution is -2.32. The fourth-order valence-electron chi connectivity index (χ4n) is 1.49. The summed E-state index contributed by atoms with van der Waals surface area (Å²) in [6.07, 6.45) is 0.928. The van der Waals surface area contributed by atoms with E-state index >= 15 is 0 Å². The number of nitrogens with zero attached hydrogens (tertiary/aromatic N) is 3. The molecule has 0 aliphatic heterocycles. The van der Waals surface area contributed by atoms with Crippen LogP contribution in [0.2, 0.25) is 0 Å². The number of anilines is 1. The van der Waals surface area contributed by atoms with Gasteiger partial charge in [-0.15, -0.1) is 0 Å². The zero-order valence-corrected chi connectivity index (χ0v) is 12.6. The van der Waals surface area contributed by atoms with Gasteiger partial charge in [0.15, 0.2) is 9.84 Å². The van der Waals surface area contributed by atoms with Crippen molar-refractivity contribution in [1.82, 2.24) is 4.31 Å². The minimum absolute atomic E-state index is 0.164. The van der Waals surface area contributed by atoms with Crippen LogP contribution >= 0.6 is 0 Å². The smallest absolute Gasteiger partial charge is 0.247 e. The van der Waals surface area contributed by atoms with Gasteiger partial charge in [0, 0.05) is 6.26 Å². The Morgan fingerprint density at radius 2 is 1.67 bits per heavy atom. The van der Waals surface area contributed by atoms with E-state index in [1.807, 2.05) is 0 Å². The Morgan fingerprint density at radius 3 is 2.10 bits per heavy atom. The number of nitriles is 2. The fraction of sp³-hybridized carbons (Fsp3) is 0.273. The number of rotatable bonds is 5. The van der Waals surface area contributed by atoms with Gasteiger partial charge in [-0.3, -0.25) is 0 Å². The predicted octanol–water partition coefficient (Wildman–Crippen LogP) is -0.290. The van der Waals surface area contributed by atoms with E-state index in [1.165, 1.54) is 6.07 Å². The molecule has 0 radical (unpaired) electrons. The molecular weight excluding hydrogens is 316 g/mol. The van der Waals surface area contributed by atoms with Gasteiger partial charge in [-0.2, -0.15) is 14.8 Å². The number of benzene rings is 1. The average molecular weight is 328 g/mol. The van der Waals surface area contributed by atoms with Gasteiger partial charge in [0.1, 0.15) is 18.0 Å². The maximum atomic E-state index is 12.4. The molecule has 0 amide bonds. The first kappa shape index (κ1) is 16.9. The van der Waals surface area contributed by atoms with E-state index in [0.717, 1.165) is 18.4 Å². The van der Waals surface area contributed by atoms with Gasteiger partial charge in [0.25, 0.3) is 0 Å². The normalized spacial score (nSPS) is 11.8. The van der Waals surface area contributed by atoms with Gasteiger partial charge in [0.2, 0.25) is 10.0 Å². The second kappa shape index (κ2) is 6.10. The number of hydrogen-bond donors (Lipinski definition) is 1. The molecule has 21 heavy (non-hydrogen) atoms. The largest absolute Gasteiger partial charge is 0.398 e. The van der Waals surface area contributed by atoms with Gasteiger partial charge in [-0.1, -0.05) is 0 Å². The third kappa shape index (κ3) is 3.70. The number of nitrogen functional groups attached to an aromatic ring is 1. The monoisotopic (exact) mass is 328 g/mol. The van der Waals surface area contributed by atoms with Gasteiger partial charge >= 0.3 is 0 Å². The summed E-state index contributed by atoms with van der Waals surface area (Å²) in [4.78, 5) is -0.667. The van der Waals surface area contributed by atoms with E-state index < -0.39 is 37.8 Å². The van der Waals surface area contributed by atoms with Crippen molar-refractivity contribution >= 4 is 25.5 Å². The zero-order valence-electron chi connectivity index (χ0n) is 11.0. The molecule has 8 nitrogen and oxygen atoms in total. The summed E-state index contributed by atoms with van der Waals surface area (Å²) >= 11 is 0. The molecule has 0 bridgehead atoms. The van der Waals surface area contributed by atoms with Gasteiger partial charge in [-0.05, 0) is 18.2 Å². The molecule has 0 saturated carbocycles. The molecule has 0 aromatic heterocycles. The molecule has 10 heteroatoms. The molecule has 0 atom stereocenters. The van der Waals surface area contributed by atoms with E-state index in [-0.39, 0.29) is 10.6 Å². The average Bonchev–Trinajstić information content (AvgIpc) is 2.37. The van der Waals surface area contributed by atoms with Crippen molar-refractivity contribution in [3.63, 3.8) is 0 Å². The van der Waals surface area contributed by atoms with E-state index in [9.17, 15) is 16.8 Å². The van der Waals surface area contributed by atoms with Crippen LogP contribution in [0.4, 0.5) is 5.69 Å². The highest BCUT2D eigenvalue weighted by Gasteiger charge is 2.27. The first-order valence-electron chi connectivity index (χ1n) is 5.48. The van der Waals surface area contributed by atoms with Crippen molar-refractivity contribution in [1.29, 1.82) is 10.5 Å². The minimum atomic E-state index is -4.24. The SMILES string of the molecule is CS(=O)(=O)c1ccc(N)c(S(=O)(=O)N(CC#N)CC#N)c1. The number of nitrogens with two attached hydrogens (primary N) is 1. The van der Waals surface area contributed by atoms with Crippen LogP contribution in [0.15, 0.2) is 28.0 Å². The zero-order chi connectivity index (χ0) is 16.3. The van der Waals surface area contributed by atoms with Gasteiger partial charge in [0.05, 0.1) is 22.7 Å². The molecule has 1 rings (SSSR count). The van der Waals surface area contributed by atoms with Crippen LogP contribution in [0.25, 0.3) is 0 Å². The third-order valence-corrected chi connectivity index (χ3v) is 5.48. The quantitative estimate of drug-likeness (QED) is 0.577. The van der Waals surface area contributed by atoms with E-state index in [4.69, 9.17) is 16.3 Å². The molecule has 112 valence electrons. The lowest BCUT2D eigenvalue weighted by molar-refractivity contribution is 0.479. The first-order chi connectivity index (χ1) is 9.64. The van der Waals surface area contributed by atoms with Crippen LogP contribution in [0.5, 0.6) is 0 Å². The van der Waals surface area contributed by atoms with E-state index in [0.29, 0.717) is 4.31 Å². The van der Waals surface area contributed by atoms with Crippen molar-refractivity contribution in [3.05, 3.63) is 18.2 Å². The van der Waals surface area contributed by atoms with Gasteiger partial charge < -0.3 is 5.73 Å². The molecule has 0 aliphatic rings. The molecule has 0 saturated heterocycles. The molecule has 0 fully saturated rings. The first-order valence-corrected chi connectivity index (χ1v) is 8.81. The van der Waals surface area contributed by atoms with Crippen LogP contribution in [-0.4, -0.2) is 40.5 Å². The highest BCUT2D eigenvalue weighted by atomic mass is 32.2. The molecule has 1 aromatic rings. The molecule has 2 N–H and O–H groups in total. The van der Waals surface area contributed by atoms with Crippen LogP contribution in [0, 0.1) is 22.7 Å². The summed E-state index contributed by atoms with van der Waals surface area (Å²) in [5, 5.41) is 17.3. The Morgan fingerprint density at radius 1 is 1.14 bits per heavy atom. The van der Waals surface area contributed by atoms with Crippen molar-refractivity contribution in [3.8, 4) is 12.1 Å². The van der Waals surface area contributed by atoms with E-state index in [1.54, 1.807) is 12.1 Å². The van der Waals surface area contributed by atoms with Crippen molar-refractivity contribution in [2.45, 2.75) is 9.79 Å². The summed E-state index contributed by atoms with van der Waals surface area (Å²) in [7, 11) is -7.86. The Labute approximate surface area is 123 Å². The van der Waals surface area contributed by atoms with E-state index in [2.05, 4.69) is 0 Å². The molecular formula is C11H12N4O4S2. The maximum absolute atomic E-state index is 12.4. The van der Waals surface area contributed by atoms with Gasteiger partial charge in [-0.25, -0.2) is 16.8 Å². The number of sulfone groups is 1. The maximum Gasteiger partial charge on any atom is 0.247 e. The second-order valence-electron chi connectivity index (χ2n) is 4.06. The lowest BCUT2D eigenvalue weighted by atomic mass is 10.3. The fourth-order valence-corrected chi connectivity index (χ4v) is 3.59. The molecule has 1 aromatic carbocycles. The standard InChI is InChI=1S/C11H12N4O4S2/c1-20(16,17)9-2-3-10(14)11(8-9)21(18,19)15(6-4-12)7-5-13/h2-3,8H,6-7,14H2,1H3. The Bertz CT molecular complexity index is 816. The highest BCUT2D eigenvalue weighted by Crippen LogP contribution is 2.25. The summed E-state index contributed by atoms with van der Waals surface area (Å²) < 4.78 is 48.3. The highest BCUT2D eigenvalue weighted by molar-refractivity contribution is 7.91.